The Morgan fingerprint density at radius 3 is 1.41 bits per heavy atom. The second-order valence-corrected chi connectivity index (χ2v) is 34.2. The number of unbranched alkanes of at least 4 members (excludes halogenated alkanes) is 1. The van der Waals surface area contributed by atoms with Gasteiger partial charge in [-0.2, -0.15) is 86.4 Å². The van der Waals surface area contributed by atoms with Crippen LogP contribution in [0.4, 0.5) is 74.6 Å². The van der Waals surface area contributed by atoms with Crippen molar-refractivity contribution in [2.45, 2.75) is 269 Å². The number of aromatic nitrogens is 2. The molecule has 40 nitrogen and oxygen atoms in total. The zero-order valence-electron chi connectivity index (χ0n) is 74.8. The first-order chi connectivity index (χ1) is 64.3. The van der Waals surface area contributed by atoms with Gasteiger partial charge in [-0.15, -0.1) is 0 Å². The first-order valence-corrected chi connectivity index (χ1v) is 44.7. The van der Waals surface area contributed by atoms with Crippen LogP contribution in [0.15, 0.2) is 52.8 Å². The van der Waals surface area contributed by atoms with E-state index in [4.69, 9.17) is 34.4 Å². The Morgan fingerprint density at radius 2 is 0.920 bits per heavy atom. The lowest BCUT2D eigenvalue weighted by Gasteiger charge is -2.42. The number of H-pyrrole nitrogens is 1. The quantitative estimate of drug-likeness (QED) is 0.0177. The predicted octanol–water partition coefficient (Wildman–Crippen LogP) is -0.185. The van der Waals surface area contributed by atoms with Crippen LogP contribution >= 0.6 is 11.8 Å². The largest absolute Gasteiger partial charge is 0.480 e. The smallest absolute Gasteiger partial charge is 0.460 e. The van der Waals surface area contributed by atoms with Gasteiger partial charge in [0.15, 0.2) is 11.9 Å². The van der Waals surface area contributed by atoms with Crippen molar-refractivity contribution in [2.75, 3.05) is 64.4 Å². The van der Waals surface area contributed by atoms with E-state index in [9.17, 15) is 157 Å². The summed E-state index contributed by atoms with van der Waals surface area (Å²) in [4.78, 5) is 227. The van der Waals surface area contributed by atoms with Crippen LogP contribution < -0.4 is 87.6 Å². The Morgan fingerprint density at radius 1 is 0.493 bits per heavy atom. The lowest BCUT2D eigenvalue weighted by atomic mass is 9.88. The van der Waals surface area contributed by atoms with Crippen molar-refractivity contribution in [1.82, 2.24) is 77.8 Å². The maximum absolute atomic E-state index is 15.0. The van der Waals surface area contributed by atoms with E-state index in [-0.39, 0.29) is 116 Å². The van der Waals surface area contributed by atoms with Crippen molar-refractivity contribution < 1.29 is 157 Å². The number of hydrogen-bond acceptors (Lipinski definition) is 21. The monoisotopic (exact) mass is 2020 g/mol. The molecule has 0 spiro atoms. The van der Waals surface area contributed by atoms with Crippen LogP contribution in [0.25, 0.3) is 0 Å². The van der Waals surface area contributed by atoms with E-state index in [1.165, 1.54) is 39.4 Å². The normalized spacial score (nSPS) is 17.6. The van der Waals surface area contributed by atoms with Crippen LogP contribution in [0.2, 0.25) is 0 Å². The molecule has 2 unspecified atom stereocenters. The number of aliphatic hydroxyl groups excluding tert-OH is 1. The number of carbonyl (C=O) groups is 15. The van der Waals surface area contributed by atoms with Gasteiger partial charge < -0.3 is 117 Å². The van der Waals surface area contributed by atoms with Gasteiger partial charge in [0.2, 0.25) is 82.7 Å². The average molecular weight is 2020 g/mol. The van der Waals surface area contributed by atoms with Crippen LogP contribution in [0.3, 0.4) is 0 Å². The van der Waals surface area contributed by atoms with E-state index < -0.39 is 285 Å². The molecule has 4 heterocycles. The number of thioether (sulfide) groups is 1. The van der Waals surface area contributed by atoms with Crippen LogP contribution in [-0.4, -0.2) is 320 Å². The Balaban J connectivity index is 1.32. The van der Waals surface area contributed by atoms with E-state index in [0.717, 1.165) is 4.90 Å². The number of aliphatic imine (C=N–C) groups is 2. The number of carbonyl (C=O) groups excluding carboxylic acids is 14. The fourth-order valence-corrected chi connectivity index (χ4v) is 15.4. The third-order valence-electron chi connectivity index (χ3n) is 22.4. The molecule has 0 bridgehead atoms. The first-order valence-electron chi connectivity index (χ1n) is 43.3. The predicted molar refractivity (Wildman–Crippen MR) is 455 cm³/mol. The lowest BCUT2D eigenvalue weighted by molar-refractivity contribution is -0.461. The third kappa shape index (κ3) is 31.3. The molecule has 3 saturated heterocycles. The molecule has 0 radical (unpaired) electrons. The number of rotatable bonds is 57. The number of amides is 14. The zero-order chi connectivity index (χ0) is 104. The highest BCUT2D eigenvalue weighted by molar-refractivity contribution is 7.98. The van der Waals surface area contributed by atoms with Crippen molar-refractivity contribution in [3.8, 4) is 0 Å². The molecule has 0 saturated carbocycles. The number of aliphatic hydroxyl groups is 1. The molecule has 138 heavy (non-hydrogen) atoms. The molecule has 25 N–H and O–H groups in total. The minimum atomic E-state index is -8.94. The summed E-state index contributed by atoms with van der Waals surface area (Å²) in [6, 6.07) is -10.7. The number of primary amides is 1. The molecule has 1 aromatic heterocycles. The summed E-state index contributed by atoms with van der Waals surface area (Å²) in [6.45, 7) is 0.533. The molecule has 776 valence electrons. The summed E-state index contributed by atoms with van der Waals surface area (Å²) >= 11 is 1.37. The van der Waals surface area contributed by atoms with Crippen LogP contribution in [-0.2, 0) is 84.8 Å². The molecule has 58 heteroatoms. The summed E-state index contributed by atoms with van der Waals surface area (Å²) in [6.07, 6.45) is -12.5. The minimum Gasteiger partial charge on any atom is -0.480 e. The highest BCUT2D eigenvalue weighted by Crippen LogP contribution is 2.64. The van der Waals surface area contributed by atoms with Gasteiger partial charge in [0, 0.05) is 76.7 Å². The molecule has 12 atom stereocenters. The van der Waals surface area contributed by atoms with Gasteiger partial charge in [0.1, 0.15) is 72.5 Å². The number of nitrogens with zero attached hydrogens (tertiary/aromatic N) is 6. The Bertz CT molecular complexity index is 4570. The van der Waals surface area contributed by atoms with Crippen molar-refractivity contribution in [3.05, 3.63) is 54.1 Å². The van der Waals surface area contributed by atoms with Crippen LogP contribution in [0.5, 0.6) is 0 Å². The molecule has 3 aliphatic rings. The third-order valence-corrected chi connectivity index (χ3v) is 23.0. The van der Waals surface area contributed by atoms with Crippen molar-refractivity contribution >= 4 is 112 Å². The molecule has 3 aliphatic heterocycles. The van der Waals surface area contributed by atoms with E-state index in [2.05, 4.69) is 67.8 Å². The van der Waals surface area contributed by atoms with Gasteiger partial charge in [-0.05, 0) is 133 Å². The van der Waals surface area contributed by atoms with Gasteiger partial charge in [0.05, 0.1) is 19.5 Å². The zero-order valence-corrected chi connectivity index (χ0v) is 75.6. The molecule has 1 aromatic carbocycles. The number of nitrogens with one attached hydrogen (secondary N) is 11. The number of carboxylic acids is 1. The number of halogens is 17. The summed E-state index contributed by atoms with van der Waals surface area (Å²) < 4.78 is 239. The second kappa shape index (κ2) is 51.7. The van der Waals surface area contributed by atoms with E-state index in [1.54, 1.807) is 50.4 Å². The summed E-state index contributed by atoms with van der Waals surface area (Å²) in [5, 5.41) is 44.5. The molecular formula is C80H114F17N23O17S. The maximum Gasteiger partial charge on any atom is 0.460 e. The SMILES string of the molecule is CSCC[C@H](NC(=O)[C@@H]1CCCN1C(=O)CNC(=O)[C@H](CCCCN)NC(=O)[C@H](Cc1cnc[nH]1)NC(=O)[C@H](CO)NC(=O)[C@H](CC(C)C)NC(=O)C(CCCN=C(N)N)NC(=O)[C@@H]1CCCN1C(=O)[C@H](CCCN=C(N)N)NC(=O)[C@H](CCC(N)=O)NC(=O)CCC(F)(F)C(F)(F)C(F)(F)C(F)(F)C(F)(F)C(F)(F)C(F)(F)C(F)(F)F)C(=O)N1CCCC1C(=O)N[C@@H](Cc1ccccc1)C(=O)O. The van der Waals surface area contributed by atoms with Crippen molar-refractivity contribution in [1.29, 1.82) is 0 Å². The number of hydrogen-bond donors (Lipinski definition) is 19. The molecule has 0 aliphatic carbocycles. The average Bonchev–Trinajstić information content (AvgIpc) is 0.785. The minimum absolute atomic E-state index is 0.0306. The Hall–Kier alpha value is -11.9. The molecular weight excluding hydrogens is 1910 g/mol. The number of alkyl halides is 17. The second-order valence-electron chi connectivity index (χ2n) is 33.2. The molecule has 3 fully saturated rings. The van der Waals surface area contributed by atoms with Crippen molar-refractivity contribution in [2.24, 2.45) is 50.3 Å². The van der Waals surface area contributed by atoms with Gasteiger partial charge >= 0.3 is 53.6 Å². The summed E-state index contributed by atoms with van der Waals surface area (Å²) in [7, 11) is 0. The first kappa shape index (κ1) is 117. The summed E-state index contributed by atoms with van der Waals surface area (Å²) in [5.74, 6) is -77.3. The number of aromatic amines is 1. The van der Waals surface area contributed by atoms with Gasteiger partial charge in [-0.25, -0.2) is 9.78 Å². The highest BCUT2D eigenvalue weighted by Gasteiger charge is 2.95. The van der Waals surface area contributed by atoms with E-state index in [1.807, 2.05) is 0 Å². The van der Waals surface area contributed by atoms with E-state index >= 15 is 0 Å². The van der Waals surface area contributed by atoms with E-state index in [0.29, 0.717) is 30.6 Å². The lowest BCUT2D eigenvalue weighted by Crippen LogP contribution is -2.74. The number of imidazole rings is 1. The molecule has 14 amide bonds. The van der Waals surface area contributed by atoms with Gasteiger partial charge in [-0.1, -0.05) is 44.2 Å². The van der Waals surface area contributed by atoms with Gasteiger partial charge in [-0.3, -0.25) is 77.1 Å². The maximum atomic E-state index is 15.0. The fourth-order valence-electron chi connectivity index (χ4n) is 14.9. The number of carboxylic acid groups (broad SMARTS) is 1. The van der Waals surface area contributed by atoms with Crippen molar-refractivity contribution in [3.63, 3.8) is 0 Å². The fraction of sp³-hybridized carbons (Fsp3) is 0.675. The number of aliphatic carboxylic acids is 1. The molecule has 2 aromatic rings. The number of nitrogens with two attached hydrogens (primary N) is 6. The molecule has 5 rings (SSSR count). The highest BCUT2D eigenvalue weighted by atomic mass is 32.2. The van der Waals surface area contributed by atoms with Crippen LogP contribution in [0.1, 0.15) is 147 Å². The standard InChI is InChI=1S/C80H114F17N23O17S/c1-41(2)34-49(62(128)117-52(39-121)64(130)115-50(36-43-37-104-40-108-43)63(129)110-44(16-7-8-27-98)59(125)107-38-58(124)118-30-11-19-53(118)65(131)113-48(25-33-138-3)69(135)120-32-13-21-55(120)67(133)116-51(70(136)137)35-42-14-5-4-6-15-42)114-60(126)45(17-9-28-105-71(100)101)111-66(132)54-20-12-31-119(54)68(134)47(18-10-29-106-72(102)103)112-61(127)46(22-23-56(99)122)109-57(123)24-26-73(81,82)74(83,84)75(85,86)76(87,88)77(89,90)78(91,92)79(93,94)80(95,96)97/h4-6,14-15,37,40-41,44-55,121H,7-13,16-36,38-39,98H2,1-3H3,(H2,99,122)(H,104,108)(H,107,125)(H,109,123)(H,110,129)(H,111,132)(H,112,127)(H,113,131)(H,114,126)(H,115,130)(H,116,133)(H,117,128)(H,136,137)(H4,100,101,105)(H4,102,103,106)/t44-,45?,46-,47-,48-,49-,50-,51-,52-,53-,54-,55?/m0/s1. The number of likely N-dealkylation sites (tertiary alicyclic amines) is 3. The topological polar surface area (TPSA) is 636 Å². The Kier molecular flexibility index (Phi) is 43.7. The number of guanidine groups is 2. The number of benzene rings is 1. The Labute approximate surface area is 781 Å². The van der Waals surface area contributed by atoms with Gasteiger partial charge in [0.25, 0.3) is 0 Å². The van der Waals surface area contributed by atoms with Crippen LogP contribution in [0, 0.1) is 5.92 Å². The summed E-state index contributed by atoms with van der Waals surface area (Å²) in [5.41, 5.74) is 33.7.